The molecular formula is C4H12N2OS2. The lowest BCUT2D eigenvalue weighted by Crippen LogP contribution is -2.12. The summed E-state index contributed by atoms with van der Waals surface area (Å²) in [6, 6.07) is 0. The second-order valence-electron chi connectivity index (χ2n) is 1.67. The van der Waals surface area contributed by atoms with E-state index in [4.69, 9.17) is 15.1 Å². The minimum Gasteiger partial charge on any atom is -0.318 e. The molecule has 0 aromatic rings. The van der Waals surface area contributed by atoms with Gasteiger partial charge in [-0.3, -0.25) is 0 Å². The molecule has 2 unspecified atom stereocenters. The Balaban J connectivity index is 2.91. The molecule has 0 fully saturated rings. The van der Waals surface area contributed by atoms with Crippen LogP contribution in [0.4, 0.5) is 0 Å². The van der Waals surface area contributed by atoms with Crippen LogP contribution < -0.4 is 11.5 Å². The van der Waals surface area contributed by atoms with Crippen molar-refractivity contribution >= 4 is 24.1 Å². The van der Waals surface area contributed by atoms with E-state index in [1.54, 1.807) is 0 Å². The quantitative estimate of drug-likeness (QED) is 0.482. The molecule has 0 aliphatic carbocycles. The van der Waals surface area contributed by atoms with Gasteiger partial charge in [-0.15, -0.1) is 0 Å². The van der Waals surface area contributed by atoms with Crippen LogP contribution in [0.1, 0.15) is 13.8 Å². The van der Waals surface area contributed by atoms with Gasteiger partial charge >= 0.3 is 0 Å². The third kappa shape index (κ3) is 8.58. The summed E-state index contributed by atoms with van der Waals surface area (Å²) in [6.45, 7) is 3.71. The lowest BCUT2D eigenvalue weighted by atomic mass is 10.8. The van der Waals surface area contributed by atoms with E-state index < -0.39 is 0 Å². The van der Waals surface area contributed by atoms with E-state index in [-0.39, 0.29) is 10.7 Å². The van der Waals surface area contributed by atoms with Crippen molar-refractivity contribution in [3.8, 4) is 0 Å². The molecule has 0 heterocycles. The Hall–Kier alpha value is 0.580. The highest BCUT2D eigenvalue weighted by Gasteiger charge is 1.98. The van der Waals surface area contributed by atoms with E-state index in [2.05, 4.69) is 0 Å². The first-order chi connectivity index (χ1) is 4.13. The van der Waals surface area contributed by atoms with Gasteiger partial charge in [-0.05, 0) is 13.8 Å². The third-order valence-electron chi connectivity index (χ3n) is 0.382. The first-order valence-corrected chi connectivity index (χ1v) is 4.24. The maximum Gasteiger partial charge on any atom is 0.0757 e. The summed E-state index contributed by atoms with van der Waals surface area (Å²) in [7, 11) is 0. The van der Waals surface area contributed by atoms with Crippen molar-refractivity contribution in [1.82, 2.24) is 0 Å². The van der Waals surface area contributed by atoms with Crippen molar-refractivity contribution in [1.29, 1.82) is 0 Å². The van der Waals surface area contributed by atoms with Crippen LogP contribution in [0.15, 0.2) is 0 Å². The van der Waals surface area contributed by atoms with Crippen molar-refractivity contribution in [2.45, 2.75) is 24.6 Å². The largest absolute Gasteiger partial charge is 0.318 e. The molecule has 0 saturated heterocycles. The summed E-state index contributed by atoms with van der Waals surface area (Å²) < 4.78 is 4.94. The molecule has 5 heteroatoms. The minimum absolute atomic E-state index is 0.0104. The molecule has 2 atom stereocenters. The standard InChI is InChI=1S/C4H12N2OS2/c1-3(5)8-7-9-4(2)6/h3-4H,5-6H2,1-2H3. The van der Waals surface area contributed by atoms with Crippen molar-refractivity contribution < 1.29 is 3.63 Å². The zero-order chi connectivity index (χ0) is 7.28. The average molecular weight is 168 g/mol. The fraction of sp³-hybridized carbons (Fsp3) is 1.00. The lowest BCUT2D eigenvalue weighted by Gasteiger charge is -2.04. The van der Waals surface area contributed by atoms with Crippen LogP contribution in [0.3, 0.4) is 0 Å². The van der Waals surface area contributed by atoms with Gasteiger partial charge in [0.2, 0.25) is 0 Å². The Morgan fingerprint density at radius 3 is 1.67 bits per heavy atom. The number of hydrogen-bond acceptors (Lipinski definition) is 5. The minimum atomic E-state index is 0.0104. The molecule has 0 saturated carbocycles. The van der Waals surface area contributed by atoms with E-state index in [1.165, 1.54) is 24.1 Å². The molecule has 3 nitrogen and oxygen atoms in total. The Morgan fingerprint density at radius 2 is 1.44 bits per heavy atom. The predicted molar refractivity (Wildman–Crippen MR) is 43.6 cm³/mol. The van der Waals surface area contributed by atoms with Gasteiger partial charge < -0.3 is 11.5 Å². The second kappa shape index (κ2) is 5.37. The zero-order valence-electron chi connectivity index (χ0n) is 5.53. The molecule has 0 aliphatic rings. The summed E-state index contributed by atoms with van der Waals surface area (Å²) >= 11 is 2.44. The van der Waals surface area contributed by atoms with Crippen LogP contribution in [0.2, 0.25) is 0 Å². The van der Waals surface area contributed by atoms with E-state index in [0.29, 0.717) is 0 Å². The predicted octanol–water partition coefficient (Wildman–Crippen LogP) is 0.909. The highest BCUT2D eigenvalue weighted by molar-refractivity contribution is 8.08. The number of nitrogens with two attached hydrogens (primary N) is 2. The highest BCUT2D eigenvalue weighted by atomic mass is 32.2. The van der Waals surface area contributed by atoms with Crippen LogP contribution in [0, 0.1) is 0 Å². The fourth-order valence-corrected chi connectivity index (χ4v) is 1.32. The number of rotatable bonds is 4. The van der Waals surface area contributed by atoms with E-state index in [0.717, 1.165) is 0 Å². The topological polar surface area (TPSA) is 61.3 Å². The molecular weight excluding hydrogens is 156 g/mol. The van der Waals surface area contributed by atoms with Crippen molar-refractivity contribution in [2.75, 3.05) is 0 Å². The smallest absolute Gasteiger partial charge is 0.0757 e. The SMILES string of the molecule is CC(N)SOSC(C)N. The van der Waals surface area contributed by atoms with Gasteiger partial charge in [0.05, 0.1) is 10.7 Å². The molecule has 0 aliphatic heterocycles. The van der Waals surface area contributed by atoms with E-state index >= 15 is 0 Å². The Bertz CT molecular complexity index is 61.6. The Morgan fingerprint density at radius 1 is 1.11 bits per heavy atom. The molecule has 0 rings (SSSR count). The van der Waals surface area contributed by atoms with Crippen LogP contribution >= 0.6 is 24.1 Å². The van der Waals surface area contributed by atoms with Gasteiger partial charge in [-0.1, -0.05) is 0 Å². The molecule has 56 valence electrons. The molecule has 0 aromatic heterocycles. The van der Waals surface area contributed by atoms with Gasteiger partial charge in [-0.25, -0.2) is 3.63 Å². The molecule has 0 amide bonds. The van der Waals surface area contributed by atoms with Crippen molar-refractivity contribution in [3.63, 3.8) is 0 Å². The summed E-state index contributed by atoms with van der Waals surface area (Å²) in [5.74, 6) is 0. The Labute approximate surface area is 64.3 Å². The average Bonchev–Trinajstić information content (AvgIpc) is 1.63. The fourth-order valence-electron chi connectivity index (χ4n) is 0.147. The first kappa shape index (κ1) is 9.58. The van der Waals surface area contributed by atoms with Crippen molar-refractivity contribution in [2.24, 2.45) is 11.5 Å². The molecule has 0 bridgehead atoms. The summed E-state index contributed by atoms with van der Waals surface area (Å²) in [5, 5.41) is 0.0208. The second-order valence-corrected chi connectivity index (χ2v) is 4.09. The molecule has 0 radical (unpaired) electrons. The summed E-state index contributed by atoms with van der Waals surface area (Å²) in [5.41, 5.74) is 10.7. The van der Waals surface area contributed by atoms with Crippen molar-refractivity contribution in [3.05, 3.63) is 0 Å². The van der Waals surface area contributed by atoms with E-state index in [1.807, 2.05) is 13.8 Å². The first-order valence-electron chi connectivity index (χ1n) is 2.63. The molecule has 4 N–H and O–H groups in total. The van der Waals surface area contributed by atoms with Crippen LogP contribution in [0.5, 0.6) is 0 Å². The van der Waals surface area contributed by atoms with Gasteiger partial charge in [0.25, 0.3) is 0 Å². The zero-order valence-corrected chi connectivity index (χ0v) is 7.17. The maximum absolute atomic E-state index is 5.36. The van der Waals surface area contributed by atoms with E-state index in [9.17, 15) is 0 Å². The van der Waals surface area contributed by atoms with Crippen LogP contribution in [-0.2, 0) is 3.63 Å². The van der Waals surface area contributed by atoms with Crippen LogP contribution in [0.25, 0.3) is 0 Å². The van der Waals surface area contributed by atoms with Gasteiger partial charge in [0, 0.05) is 24.1 Å². The van der Waals surface area contributed by atoms with Gasteiger partial charge in [-0.2, -0.15) is 0 Å². The van der Waals surface area contributed by atoms with Gasteiger partial charge in [0.1, 0.15) is 0 Å². The lowest BCUT2D eigenvalue weighted by molar-refractivity contribution is 0.728. The maximum atomic E-state index is 5.36. The molecule has 0 aromatic carbocycles. The third-order valence-corrected chi connectivity index (χ3v) is 1.62. The Kier molecular flexibility index (Phi) is 5.72. The van der Waals surface area contributed by atoms with Gasteiger partial charge in [0.15, 0.2) is 0 Å². The summed E-state index contributed by atoms with van der Waals surface area (Å²) in [6.07, 6.45) is 0. The highest BCUT2D eigenvalue weighted by Crippen LogP contribution is 2.18. The molecule has 0 spiro atoms. The monoisotopic (exact) mass is 168 g/mol. The number of hydrogen-bond donors (Lipinski definition) is 2. The summed E-state index contributed by atoms with van der Waals surface area (Å²) in [4.78, 5) is 0. The van der Waals surface area contributed by atoms with Crippen LogP contribution in [-0.4, -0.2) is 10.7 Å². The molecule has 9 heavy (non-hydrogen) atoms. The normalized spacial score (nSPS) is 17.3.